The molecule has 254 valence electrons. The predicted molar refractivity (Wildman–Crippen MR) is 226 cm³/mol. The van der Waals surface area contributed by atoms with E-state index in [-0.39, 0.29) is 0 Å². The van der Waals surface area contributed by atoms with Crippen LogP contribution >= 0.6 is 0 Å². The zero-order chi connectivity index (χ0) is 36.1. The van der Waals surface area contributed by atoms with Gasteiger partial charge in [0.05, 0.1) is 22.8 Å². The molecule has 9 rings (SSSR count). The van der Waals surface area contributed by atoms with Gasteiger partial charge in [-0.3, -0.25) is 0 Å². The second-order valence-corrected chi connectivity index (χ2v) is 13.5. The molecule has 0 aliphatic carbocycles. The van der Waals surface area contributed by atoms with Crippen LogP contribution in [-0.4, -0.2) is 9.97 Å². The molecule has 2 aromatic heterocycles. The fourth-order valence-corrected chi connectivity index (χ4v) is 7.03. The SMILES string of the molecule is c1ccc(-c2cc(-c3cccc(-c4ccc(-c5cccc(-c6cc(-c7ccccc7)nc(-c7ccccc7)c6)c5)cc4)c3)cc(-c3ccccc3)n2)cc1. The molecule has 7 aromatic carbocycles. The third kappa shape index (κ3) is 7.01. The van der Waals surface area contributed by atoms with E-state index in [9.17, 15) is 0 Å². The Hall–Kier alpha value is -7.16. The van der Waals surface area contributed by atoms with Crippen molar-refractivity contribution in [2.75, 3.05) is 0 Å². The summed E-state index contributed by atoms with van der Waals surface area (Å²) in [5.74, 6) is 0. The molecule has 2 heterocycles. The lowest BCUT2D eigenvalue weighted by molar-refractivity contribution is 1.32. The Bertz CT molecular complexity index is 2360. The molecule has 0 radical (unpaired) electrons. The summed E-state index contributed by atoms with van der Waals surface area (Å²) >= 11 is 0. The van der Waals surface area contributed by atoms with Gasteiger partial charge in [0.2, 0.25) is 0 Å². The zero-order valence-electron chi connectivity index (χ0n) is 29.7. The normalized spacial score (nSPS) is 11.0. The van der Waals surface area contributed by atoms with Gasteiger partial charge < -0.3 is 0 Å². The van der Waals surface area contributed by atoms with Crippen LogP contribution in [0.25, 0.3) is 89.5 Å². The topological polar surface area (TPSA) is 25.8 Å². The summed E-state index contributed by atoms with van der Waals surface area (Å²) in [6, 6.07) is 77.0. The molecule has 0 saturated carbocycles. The zero-order valence-corrected chi connectivity index (χ0v) is 29.7. The van der Waals surface area contributed by atoms with Crippen LogP contribution in [0.5, 0.6) is 0 Å². The van der Waals surface area contributed by atoms with Gasteiger partial charge in [-0.15, -0.1) is 0 Å². The average Bonchev–Trinajstić information content (AvgIpc) is 3.27. The van der Waals surface area contributed by atoms with Crippen LogP contribution in [0.2, 0.25) is 0 Å². The van der Waals surface area contributed by atoms with Crippen LogP contribution in [0.4, 0.5) is 0 Å². The van der Waals surface area contributed by atoms with Crippen molar-refractivity contribution >= 4 is 0 Å². The molecule has 0 unspecified atom stereocenters. The van der Waals surface area contributed by atoms with Crippen LogP contribution < -0.4 is 0 Å². The highest BCUT2D eigenvalue weighted by Crippen LogP contribution is 2.35. The number of aromatic nitrogens is 2. The molecule has 0 saturated heterocycles. The highest BCUT2D eigenvalue weighted by Gasteiger charge is 2.12. The first-order valence-corrected chi connectivity index (χ1v) is 18.3. The molecule has 0 aliphatic rings. The second kappa shape index (κ2) is 14.8. The fourth-order valence-electron chi connectivity index (χ4n) is 7.03. The Balaban J connectivity index is 1.04. The standard InChI is InChI=1S/C52H36N2/c1-5-15-39(16-6-1)49-33-47(34-50(53-49)40-17-7-2-8-18-40)45-25-13-23-43(31-45)37-27-29-38(30-28-37)44-24-14-26-46(32-44)48-35-51(41-19-9-3-10-20-41)54-52(36-48)42-21-11-4-12-22-42/h1-36H. The van der Waals surface area contributed by atoms with Gasteiger partial charge >= 0.3 is 0 Å². The van der Waals surface area contributed by atoms with E-state index in [1.54, 1.807) is 0 Å². The highest BCUT2D eigenvalue weighted by molar-refractivity contribution is 5.82. The lowest BCUT2D eigenvalue weighted by Gasteiger charge is -2.12. The van der Waals surface area contributed by atoms with E-state index in [0.29, 0.717) is 0 Å². The highest BCUT2D eigenvalue weighted by atomic mass is 14.7. The molecular formula is C52H36N2. The van der Waals surface area contributed by atoms with Gasteiger partial charge in [0.25, 0.3) is 0 Å². The minimum Gasteiger partial charge on any atom is -0.248 e. The quantitative estimate of drug-likeness (QED) is 0.159. The lowest BCUT2D eigenvalue weighted by Crippen LogP contribution is -1.91. The van der Waals surface area contributed by atoms with Crippen molar-refractivity contribution < 1.29 is 0 Å². The van der Waals surface area contributed by atoms with Gasteiger partial charge in [0.15, 0.2) is 0 Å². The molecule has 0 fully saturated rings. The van der Waals surface area contributed by atoms with E-state index >= 15 is 0 Å². The predicted octanol–water partition coefficient (Wildman–Crippen LogP) is 13.8. The van der Waals surface area contributed by atoms with Crippen molar-refractivity contribution in [3.8, 4) is 89.5 Å². The van der Waals surface area contributed by atoms with Crippen molar-refractivity contribution in [1.29, 1.82) is 0 Å². The van der Waals surface area contributed by atoms with Gasteiger partial charge in [0.1, 0.15) is 0 Å². The maximum absolute atomic E-state index is 5.08. The van der Waals surface area contributed by atoms with Crippen LogP contribution in [0, 0.1) is 0 Å². The van der Waals surface area contributed by atoms with Crippen molar-refractivity contribution in [2.24, 2.45) is 0 Å². The van der Waals surface area contributed by atoms with Gasteiger partial charge in [-0.25, -0.2) is 9.97 Å². The van der Waals surface area contributed by atoms with E-state index < -0.39 is 0 Å². The van der Waals surface area contributed by atoms with Crippen LogP contribution in [0.3, 0.4) is 0 Å². The van der Waals surface area contributed by atoms with E-state index in [0.717, 1.165) is 67.3 Å². The van der Waals surface area contributed by atoms with E-state index in [1.807, 2.05) is 24.3 Å². The monoisotopic (exact) mass is 688 g/mol. The maximum atomic E-state index is 5.08. The molecule has 0 N–H and O–H groups in total. The Labute approximate surface area is 316 Å². The van der Waals surface area contributed by atoms with Crippen LogP contribution in [0.1, 0.15) is 0 Å². The van der Waals surface area contributed by atoms with Crippen molar-refractivity contribution in [3.63, 3.8) is 0 Å². The van der Waals surface area contributed by atoms with E-state index in [4.69, 9.17) is 9.97 Å². The molecule has 54 heavy (non-hydrogen) atoms. The van der Waals surface area contributed by atoms with Crippen LogP contribution in [-0.2, 0) is 0 Å². The van der Waals surface area contributed by atoms with E-state index in [2.05, 4.69) is 194 Å². The Morgan fingerprint density at radius 2 is 0.407 bits per heavy atom. The summed E-state index contributed by atoms with van der Waals surface area (Å²) in [7, 11) is 0. The van der Waals surface area contributed by atoms with Crippen LogP contribution in [0.15, 0.2) is 218 Å². The van der Waals surface area contributed by atoms with Gasteiger partial charge in [0, 0.05) is 22.3 Å². The smallest absolute Gasteiger partial charge is 0.0715 e. The summed E-state index contributed by atoms with van der Waals surface area (Å²) in [5.41, 5.74) is 17.5. The molecular weight excluding hydrogens is 653 g/mol. The molecule has 9 aromatic rings. The van der Waals surface area contributed by atoms with Gasteiger partial charge in [-0.05, 0) is 80.9 Å². The van der Waals surface area contributed by atoms with Gasteiger partial charge in [-0.2, -0.15) is 0 Å². The minimum atomic E-state index is 0.961. The first kappa shape index (κ1) is 32.7. The molecule has 2 nitrogen and oxygen atoms in total. The lowest BCUT2D eigenvalue weighted by atomic mass is 9.94. The van der Waals surface area contributed by atoms with E-state index in [1.165, 1.54) is 22.3 Å². The molecule has 0 aliphatic heterocycles. The first-order valence-electron chi connectivity index (χ1n) is 18.3. The van der Waals surface area contributed by atoms with Crippen molar-refractivity contribution in [2.45, 2.75) is 0 Å². The average molecular weight is 689 g/mol. The summed E-state index contributed by atoms with van der Waals surface area (Å²) in [5, 5.41) is 0. The number of benzene rings is 7. The summed E-state index contributed by atoms with van der Waals surface area (Å²) in [4.78, 5) is 10.2. The molecule has 0 atom stereocenters. The summed E-state index contributed by atoms with van der Waals surface area (Å²) in [6.07, 6.45) is 0. The minimum absolute atomic E-state index is 0.961. The number of hydrogen-bond acceptors (Lipinski definition) is 2. The second-order valence-electron chi connectivity index (χ2n) is 13.5. The van der Waals surface area contributed by atoms with Gasteiger partial charge in [-0.1, -0.05) is 182 Å². The molecule has 0 bridgehead atoms. The first-order chi connectivity index (χ1) is 26.7. The molecule has 0 spiro atoms. The number of pyridine rings is 2. The third-order valence-electron chi connectivity index (χ3n) is 9.87. The molecule has 0 amide bonds. The fraction of sp³-hybridized carbons (Fsp3) is 0. The van der Waals surface area contributed by atoms with Crippen molar-refractivity contribution in [1.82, 2.24) is 9.97 Å². The Morgan fingerprint density at radius 1 is 0.167 bits per heavy atom. The summed E-state index contributed by atoms with van der Waals surface area (Å²) in [6.45, 7) is 0. The largest absolute Gasteiger partial charge is 0.248 e. The Kier molecular flexibility index (Phi) is 8.99. The summed E-state index contributed by atoms with van der Waals surface area (Å²) < 4.78 is 0. The maximum Gasteiger partial charge on any atom is 0.0715 e. The number of rotatable bonds is 8. The number of nitrogens with zero attached hydrogens (tertiary/aromatic N) is 2. The third-order valence-corrected chi connectivity index (χ3v) is 9.87. The van der Waals surface area contributed by atoms with Crippen molar-refractivity contribution in [3.05, 3.63) is 218 Å². The number of hydrogen-bond donors (Lipinski definition) is 0. The Morgan fingerprint density at radius 3 is 0.685 bits per heavy atom. The molecule has 2 heteroatoms.